The van der Waals surface area contributed by atoms with Gasteiger partial charge in [-0.1, -0.05) is 13.8 Å². The van der Waals surface area contributed by atoms with Gasteiger partial charge < -0.3 is 19.5 Å². The van der Waals surface area contributed by atoms with E-state index in [1.54, 1.807) is 0 Å². The lowest BCUT2D eigenvalue weighted by Crippen LogP contribution is -2.55. The van der Waals surface area contributed by atoms with E-state index in [4.69, 9.17) is 14.2 Å². The Kier molecular flexibility index (Phi) is 4.30. The van der Waals surface area contributed by atoms with E-state index in [0.717, 1.165) is 17.4 Å². The molecule has 0 saturated heterocycles. The minimum absolute atomic E-state index is 0.142. The molecule has 2 aromatic rings. The molecule has 5 nitrogen and oxygen atoms in total. The summed E-state index contributed by atoms with van der Waals surface area (Å²) in [4.78, 5) is 13.0. The highest BCUT2D eigenvalue weighted by atomic mass is 16.7. The second kappa shape index (κ2) is 6.90. The van der Waals surface area contributed by atoms with E-state index in [9.17, 15) is 4.79 Å². The smallest absolute Gasteiger partial charge is 0.231 e. The van der Waals surface area contributed by atoms with Crippen LogP contribution in [0.4, 0.5) is 5.69 Å². The lowest BCUT2D eigenvalue weighted by molar-refractivity contribution is -0.153. The van der Waals surface area contributed by atoms with E-state index < -0.39 is 0 Å². The van der Waals surface area contributed by atoms with Crippen LogP contribution in [0.15, 0.2) is 42.5 Å². The summed E-state index contributed by atoms with van der Waals surface area (Å²) < 4.78 is 16.7. The quantitative estimate of drug-likeness (QED) is 0.582. The van der Waals surface area contributed by atoms with Gasteiger partial charge in [0.15, 0.2) is 11.5 Å². The molecule has 5 aliphatic rings. The third-order valence-electron chi connectivity index (χ3n) is 8.00. The molecule has 4 saturated carbocycles. The van der Waals surface area contributed by atoms with E-state index in [2.05, 4.69) is 19.2 Å². The number of carbonyl (C=O) groups is 1. The molecule has 2 unspecified atom stereocenters. The van der Waals surface area contributed by atoms with Gasteiger partial charge in [0.25, 0.3) is 0 Å². The second-order valence-electron chi connectivity index (χ2n) is 11.5. The van der Waals surface area contributed by atoms with Crippen molar-refractivity contribution in [2.24, 2.45) is 22.2 Å². The topological polar surface area (TPSA) is 56.8 Å². The van der Waals surface area contributed by atoms with Gasteiger partial charge in [0, 0.05) is 18.2 Å². The number of carbonyl (C=O) groups excluding carboxylic acids is 1. The van der Waals surface area contributed by atoms with Gasteiger partial charge >= 0.3 is 0 Å². The number of nitrogens with one attached hydrogen (secondary N) is 1. The van der Waals surface area contributed by atoms with Crippen LogP contribution >= 0.6 is 0 Å². The average molecular weight is 434 g/mol. The van der Waals surface area contributed by atoms with E-state index in [1.165, 1.54) is 38.5 Å². The number of rotatable bonds is 5. The van der Waals surface area contributed by atoms with Crippen molar-refractivity contribution in [3.05, 3.63) is 42.5 Å². The zero-order chi connectivity index (χ0) is 22.0. The summed E-state index contributed by atoms with van der Waals surface area (Å²) >= 11 is 0. The highest BCUT2D eigenvalue weighted by molar-refractivity contribution is 5.91. The van der Waals surface area contributed by atoms with Gasteiger partial charge in [-0.25, -0.2) is 0 Å². The van der Waals surface area contributed by atoms with Crippen molar-refractivity contribution in [1.29, 1.82) is 0 Å². The van der Waals surface area contributed by atoms with Gasteiger partial charge in [-0.3, -0.25) is 4.79 Å². The van der Waals surface area contributed by atoms with Crippen LogP contribution in [0.2, 0.25) is 0 Å². The van der Waals surface area contributed by atoms with Crippen molar-refractivity contribution in [2.45, 2.75) is 58.8 Å². The van der Waals surface area contributed by atoms with E-state index >= 15 is 0 Å². The molecule has 2 aromatic carbocycles. The molecule has 4 bridgehead atoms. The molecule has 1 amide bonds. The average Bonchev–Trinajstić information content (AvgIpc) is 3.14. The monoisotopic (exact) mass is 433 g/mol. The Morgan fingerprint density at radius 3 is 2.34 bits per heavy atom. The Morgan fingerprint density at radius 2 is 1.62 bits per heavy atom. The Balaban J connectivity index is 1.10. The zero-order valence-electron chi connectivity index (χ0n) is 18.9. The van der Waals surface area contributed by atoms with E-state index in [-0.39, 0.29) is 18.1 Å². The van der Waals surface area contributed by atoms with Crippen LogP contribution in [-0.4, -0.2) is 12.7 Å². The molecule has 0 aromatic heterocycles. The molecule has 4 fully saturated rings. The minimum Gasteiger partial charge on any atom is -0.457 e. The van der Waals surface area contributed by atoms with Crippen LogP contribution < -0.4 is 19.5 Å². The third-order valence-corrected chi connectivity index (χ3v) is 8.00. The van der Waals surface area contributed by atoms with Crippen LogP contribution in [0, 0.1) is 22.2 Å². The van der Waals surface area contributed by atoms with Gasteiger partial charge in [0.1, 0.15) is 11.5 Å². The van der Waals surface area contributed by atoms with Gasteiger partial charge in [-0.15, -0.1) is 0 Å². The predicted octanol–water partition coefficient (Wildman–Crippen LogP) is 6.53. The van der Waals surface area contributed by atoms with Gasteiger partial charge in [-0.05, 0) is 97.1 Å². The first-order valence-corrected chi connectivity index (χ1v) is 11.8. The SMILES string of the molecule is C[C@]12CC3CC(CC(=O)Nc4ccc(Oc5ccc6c(c5)OCO6)cc4)(C1)C[C@@](C)(C3)C2. The van der Waals surface area contributed by atoms with Gasteiger partial charge in [-0.2, -0.15) is 0 Å². The van der Waals surface area contributed by atoms with Gasteiger partial charge in [0.2, 0.25) is 12.7 Å². The fourth-order valence-electron chi connectivity index (χ4n) is 8.11. The number of anilines is 1. The Bertz CT molecular complexity index is 1040. The molecule has 168 valence electrons. The van der Waals surface area contributed by atoms with Gasteiger partial charge in [0.05, 0.1) is 0 Å². The Hall–Kier alpha value is -2.69. The Labute approximate surface area is 189 Å². The normalized spacial score (nSPS) is 33.9. The first-order chi connectivity index (χ1) is 15.3. The van der Waals surface area contributed by atoms with E-state index in [1.807, 2.05) is 42.5 Å². The first-order valence-electron chi connectivity index (χ1n) is 11.8. The minimum atomic E-state index is 0.142. The van der Waals surface area contributed by atoms with Crippen molar-refractivity contribution in [3.63, 3.8) is 0 Å². The van der Waals surface area contributed by atoms with E-state index in [0.29, 0.717) is 34.5 Å². The number of benzene rings is 2. The lowest BCUT2D eigenvalue weighted by Gasteiger charge is -2.65. The largest absolute Gasteiger partial charge is 0.457 e. The maximum Gasteiger partial charge on any atom is 0.231 e. The Morgan fingerprint density at radius 1 is 0.938 bits per heavy atom. The summed E-state index contributed by atoms with van der Waals surface area (Å²) in [5.74, 6) is 3.78. The number of fused-ring (bicyclic) bond motifs is 1. The molecular formula is C27H31NO4. The highest BCUT2D eigenvalue weighted by Gasteiger charge is 2.60. The van der Waals surface area contributed by atoms with Crippen molar-refractivity contribution >= 4 is 11.6 Å². The molecule has 5 heteroatoms. The van der Waals surface area contributed by atoms with Crippen LogP contribution in [0.5, 0.6) is 23.0 Å². The standard InChI is InChI=1S/C27H31NO4/c1-25-10-18-11-26(2,14-25)16-27(12-18,15-25)13-24(29)28-19-3-5-20(6-4-19)32-21-7-8-22-23(9-21)31-17-30-22/h3-9,18H,10-17H2,1-2H3,(H,28,29)/t18?,25-,26+,27?. The molecule has 7 rings (SSSR count). The summed E-state index contributed by atoms with van der Waals surface area (Å²) in [6.45, 7) is 5.16. The lowest BCUT2D eigenvalue weighted by atomic mass is 9.40. The number of hydrogen-bond acceptors (Lipinski definition) is 4. The summed E-state index contributed by atoms with van der Waals surface area (Å²) in [5, 5.41) is 3.14. The van der Waals surface area contributed by atoms with Crippen LogP contribution in [0.1, 0.15) is 58.8 Å². The maximum absolute atomic E-state index is 13.0. The van der Waals surface area contributed by atoms with Crippen molar-refractivity contribution in [2.75, 3.05) is 12.1 Å². The molecule has 0 spiro atoms. The second-order valence-corrected chi connectivity index (χ2v) is 11.5. The van der Waals surface area contributed by atoms with Crippen LogP contribution in [0.25, 0.3) is 0 Å². The van der Waals surface area contributed by atoms with Crippen LogP contribution in [0.3, 0.4) is 0 Å². The summed E-state index contributed by atoms with van der Waals surface area (Å²) in [6, 6.07) is 13.1. The molecule has 4 atom stereocenters. The van der Waals surface area contributed by atoms with Crippen LogP contribution in [-0.2, 0) is 4.79 Å². The van der Waals surface area contributed by atoms with Crippen molar-refractivity contribution in [1.82, 2.24) is 0 Å². The number of ether oxygens (including phenoxy) is 3. The zero-order valence-corrected chi connectivity index (χ0v) is 18.9. The predicted molar refractivity (Wildman–Crippen MR) is 122 cm³/mol. The molecule has 32 heavy (non-hydrogen) atoms. The van der Waals surface area contributed by atoms with Crippen molar-refractivity contribution in [3.8, 4) is 23.0 Å². The summed E-state index contributed by atoms with van der Waals surface area (Å²) in [6.07, 6.45) is 8.35. The molecule has 1 heterocycles. The third kappa shape index (κ3) is 3.62. The fourth-order valence-corrected chi connectivity index (χ4v) is 8.11. The molecular weight excluding hydrogens is 402 g/mol. The molecule has 1 aliphatic heterocycles. The summed E-state index contributed by atoms with van der Waals surface area (Å²) in [7, 11) is 0. The number of amides is 1. The molecule has 1 N–H and O–H groups in total. The first kappa shape index (κ1) is 20.0. The van der Waals surface area contributed by atoms with Crippen molar-refractivity contribution < 1.29 is 19.0 Å². The highest BCUT2D eigenvalue weighted by Crippen LogP contribution is 2.70. The summed E-state index contributed by atoms with van der Waals surface area (Å²) in [5.41, 5.74) is 1.87. The maximum atomic E-state index is 13.0. The molecule has 4 aliphatic carbocycles. The molecule has 0 radical (unpaired) electrons. The fraction of sp³-hybridized carbons (Fsp3) is 0.519. The number of hydrogen-bond donors (Lipinski definition) is 1.